The monoisotopic (exact) mass is 366 g/mol. The summed E-state index contributed by atoms with van der Waals surface area (Å²) < 4.78 is 13.8. The highest BCUT2D eigenvalue weighted by Crippen LogP contribution is 2.41. The number of nitrogens with zero attached hydrogens (tertiary/aromatic N) is 2. The fourth-order valence-corrected chi connectivity index (χ4v) is 3.77. The van der Waals surface area contributed by atoms with E-state index in [1.807, 2.05) is 42.2 Å². The van der Waals surface area contributed by atoms with E-state index in [9.17, 15) is 4.39 Å². The Labute approximate surface area is 157 Å². The van der Waals surface area contributed by atoms with Crippen molar-refractivity contribution in [1.82, 2.24) is 15.3 Å². The van der Waals surface area contributed by atoms with Crippen LogP contribution in [0.25, 0.3) is 0 Å². The summed E-state index contributed by atoms with van der Waals surface area (Å²) in [5.74, 6) is -0.222. The van der Waals surface area contributed by atoms with E-state index in [1.54, 1.807) is 19.2 Å². The third-order valence-corrected chi connectivity index (χ3v) is 5.01. The number of anilines is 1. The molecule has 4 nitrogen and oxygen atoms in total. The second kappa shape index (κ2) is 6.53. The van der Waals surface area contributed by atoms with E-state index in [-0.39, 0.29) is 17.9 Å². The first-order valence-electron chi connectivity index (χ1n) is 8.47. The largest absolute Gasteiger partial charge is 0.361 e. The van der Waals surface area contributed by atoms with Crippen LogP contribution >= 0.6 is 12.2 Å². The number of halogens is 1. The van der Waals surface area contributed by atoms with E-state index >= 15 is 0 Å². The Morgan fingerprint density at radius 2 is 1.96 bits per heavy atom. The van der Waals surface area contributed by atoms with Crippen molar-refractivity contribution in [3.05, 3.63) is 83.2 Å². The Balaban J connectivity index is 1.83. The summed E-state index contributed by atoms with van der Waals surface area (Å²) in [5.41, 5.74) is 4.47. The molecule has 0 unspecified atom stereocenters. The molecule has 0 bridgehead atoms. The Bertz CT molecular complexity index is 953. The number of hydrogen-bond donors (Lipinski definition) is 2. The standard InChI is InChI=1S/C20H19FN4S/c1-12-11-14(7-8-15(12)21)25-19(17-9-6-13(2)23-17)18(24-20(25)26)16-5-3-4-10-22-16/h3-11,18-19,23H,1-2H3,(H,24,26)/t18-,19-/m0/s1. The minimum absolute atomic E-state index is 0.101. The highest BCUT2D eigenvalue weighted by molar-refractivity contribution is 7.80. The number of nitrogens with one attached hydrogen (secondary N) is 2. The number of thiocarbonyl (C=S) groups is 1. The second-order valence-corrected chi connectivity index (χ2v) is 6.91. The number of H-pyrrole nitrogens is 1. The Hall–Kier alpha value is -2.73. The molecule has 6 heteroatoms. The lowest BCUT2D eigenvalue weighted by molar-refractivity contribution is 0.557. The van der Waals surface area contributed by atoms with Crippen LogP contribution in [0.1, 0.15) is 34.7 Å². The molecule has 3 aromatic rings. The van der Waals surface area contributed by atoms with E-state index < -0.39 is 0 Å². The summed E-state index contributed by atoms with van der Waals surface area (Å²) in [6, 6.07) is 14.8. The molecule has 26 heavy (non-hydrogen) atoms. The van der Waals surface area contributed by atoms with E-state index in [2.05, 4.69) is 21.4 Å². The Morgan fingerprint density at radius 3 is 2.62 bits per heavy atom. The summed E-state index contributed by atoms with van der Waals surface area (Å²) in [6.07, 6.45) is 1.78. The Kier molecular flexibility index (Phi) is 4.20. The molecule has 1 aromatic carbocycles. The molecule has 132 valence electrons. The van der Waals surface area contributed by atoms with Crippen molar-refractivity contribution < 1.29 is 4.39 Å². The van der Waals surface area contributed by atoms with Gasteiger partial charge in [0.05, 0.1) is 11.7 Å². The van der Waals surface area contributed by atoms with Gasteiger partial charge in [-0.1, -0.05) is 6.07 Å². The van der Waals surface area contributed by atoms with Crippen molar-refractivity contribution in [2.75, 3.05) is 4.90 Å². The normalized spacial score (nSPS) is 19.7. The molecule has 0 spiro atoms. The van der Waals surface area contributed by atoms with Crippen LogP contribution in [0.5, 0.6) is 0 Å². The number of aryl methyl sites for hydroxylation is 2. The van der Waals surface area contributed by atoms with Crippen LogP contribution in [0.2, 0.25) is 0 Å². The number of pyridine rings is 1. The molecule has 4 rings (SSSR count). The van der Waals surface area contributed by atoms with Crippen molar-refractivity contribution in [2.24, 2.45) is 0 Å². The fourth-order valence-electron chi connectivity index (χ4n) is 3.43. The van der Waals surface area contributed by atoms with Crippen LogP contribution in [-0.2, 0) is 0 Å². The first-order chi connectivity index (χ1) is 12.5. The highest BCUT2D eigenvalue weighted by Gasteiger charge is 2.41. The van der Waals surface area contributed by atoms with E-state index in [0.29, 0.717) is 10.7 Å². The predicted octanol–water partition coefficient (Wildman–Crippen LogP) is 4.34. The summed E-state index contributed by atoms with van der Waals surface area (Å²) in [7, 11) is 0. The maximum atomic E-state index is 13.8. The molecule has 1 aliphatic heterocycles. The van der Waals surface area contributed by atoms with Gasteiger partial charge in [-0.25, -0.2) is 4.39 Å². The minimum Gasteiger partial charge on any atom is -0.361 e. The van der Waals surface area contributed by atoms with Crippen molar-refractivity contribution in [3.63, 3.8) is 0 Å². The van der Waals surface area contributed by atoms with Crippen LogP contribution in [-0.4, -0.2) is 15.1 Å². The molecule has 0 saturated carbocycles. The van der Waals surface area contributed by atoms with E-state index in [0.717, 1.165) is 22.8 Å². The molecule has 0 radical (unpaired) electrons. The highest BCUT2D eigenvalue weighted by atomic mass is 32.1. The maximum Gasteiger partial charge on any atom is 0.174 e. The minimum atomic E-state index is -0.222. The summed E-state index contributed by atoms with van der Waals surface area (Å²) in [5, 5.41) is 3.99. The molecule has 1 aliphatic rings. The number of hydrogen-bond acceptors (Lipinski definition) is 2. The lowest BCUT2D eigenvalue weighted by Gasteiger charge is -2.27. The van der Waals surface area contributed by atoms with Crippen molar-refractivity contribution in [2.45, 2.75) is 25.9 Å². The van der Waals surface area contributed by atoms with Crippen molar-refractivity contribution >= 4 is 23.0 Å². The van der Waals surface area contributed by atoms with Crippen molar-refractivity contribution in [3.8, 4) is 0 Å². The zero-order valence-electron chi connectivity index (χ0n) is 14.5. The zero-order valence-corrected chi connectivity index (χ0v) is 15.3. The van der Waals surface area contributed by atoms with Gasteiger partial charge in [-0.05, 0) is 74.1 Å². The lowest BCUT2D eigenvalue weighted by Crippen LogP contribution is -2.29. The van der Waals surface area contributed by atoms with Gasteiger partial charge < -0.3 is 15.2 Å². The quantitative estimate of drug-likeness (QED) is 0.677. The molecule has 1 saturated heterocycles. The smallest absolute Gasteiger partial charge is 0.174 e. The van der Waals surface area contributed by atoms with Crippen LogP contribution in [0.15, 0.2) is 54.7 Å². The van der Waals surface area contributed by atoms with Crippen LogP contribution in [0, 0.1) is 19.7 Å². The van der Waals surface area contributed by atoms with Crippen molar-refractivity contribution in [1.29, 1.82) is 0 Å². The molecule has 2 aromatic heterocycles. The average molecular weight is 366 g/mol. The van der Waals surface area contributed by atoms with Gasteiger partial charge in [0.25, 0.3) is 0 Å². The molecule has 2 N–H and O–H groups in total. The zero-order chi connectivity index (χ0) is 18.3. The molecule has 3 heterocycles. The molecular formula is C20H19FN4S. The first-order valence-corrected chi connectivity index (χ1v) is 8.88. The third-order valence-electron chi connectivity index (χ3n) is 4.69. The topological polar surface area (TPSA) is 44.0 Å². The van der Waals surface area contributed by atoms with Gasteiger partial charge in [0.1, 0.15) is 11.9 Å². The number of aromatic amines is 1. The average Bonchev–Trinajstić information content (AvgIpc) is 3.21. The van der Waals surface area contributed by atoms with Gasteiger partial charge >= 0.3 is 0 Å². The molecule has 0 aliphatic carbocycles. The van der Waals surface area contributed by atoms with Crippen LogP contribution < -0.4 is 10.2 Å². The predicted molar refractivity (Wildman–Crippen MR) is 105 cm³/mol. The molecule has 0 amide bonds. The summed E-state index contributed by atoms with van der Waals surface area (Å²) >= 11 is 5.64. The summed E-state index contributed by atoms with van der Waals surface area (Å²) in [4.78, 5) is 9.97. The first kappa shape index (κ1) is 16.7. The molecule has 2 atom stereocenters. The number of rotatable bonds is 3. The van der Waals surface area contributed by atoms with Gasteiger partial charge in [-0.3, -0.25) is 4.98 Å². The Morgan fingerprint density at radius 1 is 1.12 bits per heavy atom. The van der Waals surface area contributed by atoms with Gasteiger partial charge in [-0.15, -0.1) is 0 Å². The van der Waals surface area contributed by atoms with E-state index in [1.165, 1.54) is 6.07 Å². The lowest BCUT2D eigenvalue weighted by atomic mass is 10.0. The van der Waals surface area contributed by atoms with Crippen LogP contribution in [0.3, 0.4) is 0 Å². The fraction of sp³-hybridized carbons (Fsp3) is 0.200. The summed E-state index contributed by atoms with van der Waals surface area (Å²) in [6.45, 7) is 3.78. The third kappa shape index (κ3) is 2.86. The van der Waals surface area contributed by atoms with Crippen LogP contribution in [0.4, 0.5) is 10.1 Å². The SMILES string of the molecule is Cc1ccc([C@H]2[C@H](c3ccccn3)NC(=S)N2c2ccc(F)c(C)c2)[nH]1. The van der Waals surface area contributed by atoms with Gasteiger partial charge in [0.2, 0.25) is 0 Å². The maximum absolute atomic E-state index is 13.8. The molecular weight excluding hydrogens is 347 g/mol. The number of benzene rings is 1. The van der Waals surface area contributed by atoms with Gasteiger partial charge in [0.15, 0.2) is 5.11 Å². The van der Waals surface area contributed by atoms with Gasteiger partial charge in [0, 0.05) is 23.3 Å². The second-order valence-electron chi connectivity index (χ2n) is 6.53. The van der Waals surface area contributed by atoms with Gasteiger partial charge in [-0.2, -0.15) is 0 Å². The van der Waals surface area contributed by atoms with E-state index in [4.69, 9.17) is 12.2 Å². The number of aromatic nitrogens is 2. The molecule has 1 fully saturated rings.